The van der Waals surface area contributed by atoms with Gasteiger partial charge in [-0.2, -0.15) is 0 Å². The molecule has 0 aliphatic carbocycles. The van der Waals surface area contributed by atoms with E-state index in [1.165, 1.54) is 39.0 Å². The van der Waals surface area contributed by atoms with E-state index in [1.54, 1.807) is 0 Å². The first-order valence-electron chi connectivity index (χ1n) is 9.40. The molecule has 1 atom stereocenters. The zero-order chi connectivity index (χ0) is 18.5. The minimum absolute atomic E-state index is 0.459. The molecule has 0 aromatic heterocycles. The molecule has 0 fully saturated rings. The van der Waals surface area contributed by atoms with E-state index < -0.39 is 0 Å². The summed E-state index contributed by atoms with van der Waals surface area (Å²) in [5.74, 6) is 0.459. The maximum atomic E-state index is 4.33. The number of aryl methyl sites for hydroxylation is 2. The van der Waals surface area contributed by atoms with Crippen LogP contribution in [0.15, 0.2) is 79.4 Å². The van der Waals surface area contributed by atoms with Gasteiger partial charge < -0.3 is 0 Å². The van der Waals surface area contributed by atoms with Gasteiger partial charge in [0.2, 0.25) is 0 Å². The van der Waals surface area contributed by atoms with E-state index in [-0.39, 0.29) is 0 Å². The third-order valence-corrected chi connectivity index (χ3v) is 5.03. The first-order valence-corrected chi connectivity index (χ1v) is 9.40. The van der Waals surface area contributed by atoms with Crippen molar-refractivity contribution >= 4 is 5.57 Å². The molecule has 1 unspecified atom stereocenters. The van der Waals surface area contributed by atoms with Crippen LogP contribution in [0, 0.1) is 13.8 Å². The second-order valence-corrected chi connectivity index (χ2v) is 7.49. The Morgan fingerprint density at radius 3 is 2.27 bits per heavy atom. The third kappa shape index (κ3) is 4.73. The molecule has 0 amide bonds. The molecule has 3 aromatic carbocycles. The van der Waals surface area contributed by atoms with Crippen LogP contribution in [0.3, 0.4) is 0 Å². The van der Waals surface area contributed by atoms with Gasteiger partial charge in [0, 0.05) is 0 Å². The Morgan fingerprint density at radius 1 is 0.808 bits per heavy atom. The average Bonchev–Trinajstić information content (AvgIpc) is 2.64. The maximum Gasteiger partial charge on any atom is -0.00257 e. The van der Waals surface area contributed by atoms with E-state index in [2.05, 4.69) is 100 Å². The van der Waals surface area contributed by atoms with Gasteiger partial charge in [0.05, 0.1) is 0 Å². The Bertz CT molecular complexity index is 884. The highest BCUT2D eigenvalue weighted by Crippen LogP contribution is 2.29. The van der Waals surface area contributed by atoms with Gasteiger partial charge in [0.1, 0.15) is 0 Å². The molecule has 132 valence electrons. The molecule has 26 heavy (non-hydrogen) atoms. The maximum absolute atomic E-state index is 4.33. The summed E-state index contributed by atoms with van der Waals surface area (Å²) < 4.78 is 0. The summed E-state index contributed by atoms with van der Waals surface area (Å²) >= 11 is 0. The van der Waals surface area contributed by atoms with Crippen molar-refractivity contribution in [3.63, 3.8) is 0 Å². The minimum Gasteiger partial charge on any atom is -0.0952 e. The Labute approximate surface area is 158 Å². The molecule has 0 bridgehead atoms. The molecular weight excluding hydrogens is 312 g/mol. The predicted molar refractivity (Wildman–Crippen MR) is 114 cm³/mol. The van der Waals surface area contributed by atoms with Crippen LogP contribution in [-0.2, 0) is 6.42 Å². The lowest BCUT2D eigenvalue weighted by atomic mass is 9.89. The topological polar surface area (TPSA) is 0 Å². The zero-order valence-electron chi connectivity index (χ0n) is 16.1. The Kier molecular flexibility index (Phi) is 5.73. The summed E-state index contributed by atoms with van der Waals surface area (Å²) in [5.41, 5.74) is 9.20. The van der Waals surface area contributed by atoms with Gasteiger partial charge in [-0.3, -0.25) is 0 Å². The van der Waals surface area contributed by atoms with Crippen LogP contribution >= 0.6 is 0 Å². The van der Waals surface area contributed by atoms with Crippen molar-refractivity contribution in [2.45, 2.75) is 39.5 Å². The van der Waals surface area contributed by atoms with Crippen molar-refractivity contribution in [1.82, 2.24) is 0 Å². The smallest absolute Gasteiger partial charge is 0.00257 e. The van der Waals surface area contributed by atoms with Crippen molar-refractivity contribution in [3.8, 4) is 0 Å². The second-order valence-electron chi connectivity index (χ2n) is 7.49. The van der Waals surface area contributed by atoms with Gasteiger partial charge in [0.25, 0.3) is 0 Å². The van der Waals surface area contributed by atoms with Crippen LogP contribution < -0.4 is 0 Å². The van der Waals surface area contributed by atoms with Gasteiger partial charge in [-0.05, 0) is 60.4 Å². The Hall–Kier alpha value is -2.60. The fourth-order valence-corrected chi connectivity index (χ4v) is 3.42. The first-order chi connectivity index (χ1) is 12.5. The van der Waals surface area contributed by atoms with Gasteiger partial charge in [-0.15, -0.1) is 0 Å². The van der Waals surface area contributed by atoms with Crippen LogP contribution in [0.2, 0.25) is 0 Å². The molecule has 0 spiro atoms. The molecule has 0 heteroatoms. The lowest BCUT2D eigenvalue weighted by molar-refractivity contribution is 0.790. The second kappa shape index (κ2) is 8.19. The van der Waals surface area contributed by atoms with Gasteiger partial charge in [0.15, 0.2) is 0 Å². The summed E-state index contributed by atoms with van der Waals surface area (Å²) in [6.07, 6.45) is 1.97. The summed E-state index contributed by atoms with van der Waals surface area (Å²) in [6.45, 7) is 10.9. The number of rotatable bonds is 6. The summed E-state index contributed by atoms with van der Waals surface area (Å²) in [5, 5.41) is 0. The van der Waals surface area contributed by atoms with E-state index in [1.807, 2.05) is 0 Å². The summed E-state index contributed by atoms with van der Waals surface area (Å²) in [7, 11) is 0. The van der Waals surface area contributed by atoms with Gasteiger partial charge in [-0.25, -0.2) is 0 Å². The fraction of sp³-hybridized carbons (Fsp3) is 0.231. The van der Waals surface area contributed by atoms with Crippen LogP contribution in [0.5, 0.6) is 0 Å². The summed E-state index contributed by atoms with van der Waals surface area (Å²) in [6, 6.07) is 26.5. The van der Waals surface area contributed by atoms with E-state index in [0.717, 1.165) is 12.8 Å². The first kappa shape index (κ1) is 18.2. The van der Waals surface area contributed by atoms with E-state index >= 15 is 0 Å². The zero-order valence-corrected chi connectivity index (χ0v) is 16.1. The van der Waals surface area contributed by atoms with E-state index in [0.29, 0.717) is 5.92 Å². The van der Waals surface area contributed by atoms with Crippen LogP contribution in [0.4, 0.5) is 0 Å². The van der Waals surface area contributed by atoms with E-state index in [9.17, 15) is 0 Å². The molecule has 0 saturated carbocycles. The fourth-order valence-electron chi connectivity index (χ4n) is 3.42. The SMILES string of the molecule is C=C(CC(C)c1cccc(Cc2ccc(C)cc2)c1)c1cccc(C)c1. The molecule has 0 aliphatic rings. The number of benzene rings is 3. The van der Waals surface area contributed by atoms with Crippen molar-refractivity contribution in [3.05, 3.63) is 113 Å². The molecule has 0 saturated heterocycles. The Balaban J connectivity index is 1.70. The largest absolute Gasteiger partial charge is 0.0952 e. The highest BCUT2D eigenvalue weighted by atomic mass is 14.1. The lowest BCUT2D eigenvalue weighted by Crippen LogP contribution is -1.98. The molecule has 0 heterocycles. The molecule has 0 nitrogen and oxygen atoms in total. The van der Waals surface area contributed by atoms with Crippen LogP contribution in [0.25, 0.3) is 5.57 Å². The molecule has 0 radical (unpaired) electrons. The number of hydrogen-bond acceptors (Lipinski definition) is 0. The average molecular weight is 341 g/mol. The van der Waals surface area contributed by atoms with Crippen molar-refractivity contribution < 1.29 is 0 Å². The van der Waals surface area contributed by atoms with Crippen LogP contribution in [0.1, 0.15) is 52.6 Å². The molecule has 3 rings (SSSR count). The van der Waals surface area contributed by atoms with Crippen molar-refractivity contribution in [2.24, 2.45) is 0 Å². The molecule has 0 N–H and O–H groups in total. The lowest BCUT2D eigenvalue weighted by Gasteiger charge is -2.16. The Morgan fingerprint density at radius 2 is 1.54 bits per heavy atom. The van der Waals surface area contributed by atoms with Crippen LogP contribution in [-0.4, -0.2) is 0 Å². The number of allylic oxidation sites excluding steroid dienone is 1. The molecular formula is C26H28. The highest BCUT2D eigenvalue weighted by Gasteiger charge is 2.10. The predicted octanol–water partition coefficient (Wildman–Crippen LogP) is 7.10. The minimum atomic E-state index is 0.459. The van der Waals surface area contributed by atoms with Crippen molar-refractivity contribution in [1.29, 1.82) is 0 Å². The third-order valence-electron chi connectivity index (χ3n) is 5.03. The number of hydrogen-bond donors (Lipinski definition) is 0. The van der Waals surface area contributed by atoms with Crippen molar-refractivity contribution in [2.75, 3.05) is 0 Å². The molecule has 0 aliphatic heterocycles. The van der Waals surface area contributed by atoms with Gasteiger partial charge in [-0.1, -0.05) is 97.4 Å². The van der Waals surface area contributed by atoms with Gasteiger partial charge >= 0.3 is 0 Å². The standard InChI is InChI=1S/C26H28/c1-19-11-13-23(14-12-19)17-24-8-6-10-26(18-24)22(4)16-21(3)25-9-5-7-20(2)15-25/h5-15,18,22H,3,16-17H2,1-2,4H3. The quantitative estimate of drug-likeness (QED) is 0.449. The van der Waals surface area contributed by atoms with E-state index in [4.69, 9.17) is 0 Å². The normalized spacial score (nSPS) is 12.0. The summed E-state index contributed by atoms with van der Waals surface area (Å²) in [4.78, 5) is 0. The molecule has 3 aromatic rings. The highest BCUT2D eigenvalue weighted by molar-refractivity contribution is 5.64. The monoisotopic (exact) mass is 340 g/mol.